The first-order valence-corrected chi connectivity index (χ1v) is 5.23. The number of thioether (sulfide) groups is 1. The van der Waals surface area contributed by atoms with Crippen molar-refractivity contribution in [1.29, 1.82) is 0 Å². The molecule has 52 valence electrons. The van der Waals surface area contributed by atoms with E-state index >= 15 is 0 Å². The van der Waals surface area contributed by atoms with Crippen molar-refractivity contribution in [3.63, 3.8) is 0 Å². The molecule has 2 fully saturated rings. The van der Waals surface area contributed by atoms with Gasteiger partial charge < -0.3 is 0 Å². The molecular formula is C8H14S. The van der Waals surface area contributed by atoms with Gasteiger partial charge in [0.05, 0.1) is 0 Å². The van der Waals surface area contributed by atoms with Crippen LogP contribution in [0.2, 0.25) is 0 Å². The highest BCUT2D eigenvalue weighted by atomic mass is 32.2. The SMILES string of the molecule is CSC(C1CC1)C1CC1. The Bertz CT molecular complexity index is 91.1. The Morgan fingerprint density at radius 2 is 1.56 bits per heavy atom. The lowest BCUT2D eigenvalue weighted by Crippen LogP contribution is -2.06. The zero-order valence-electron chi connectivity index (χ0n) is 5.97. The molecule has 0 nitrogen and oxygen atoms in total. The molecule has 0 amide bonds. The second kappa shape index (κ2) is 2.19. The molecule has 2 aliphatic rings. The molecule has 0 aromatic heterocycles. The number of hydrogen-bond donors (Lipinski definition) is 0. The minimum Gasteiger partial charge on any atom is -0.161 e. The van der Waals surface area contributed by atoms with Crippen LogP contribution in [0.4, 0.5) is 0 Å². The molecule has 0 aromatic rings. The fourth-order valence-corrected chi connectivity index (χ4v) is 2.93. The standard InChI is InChI=1S/C8H14S/c1-9-8(6-2-3-6)7-4-5-7/h6-8H,2-5H2,1H3. The van der Waals surface area contributed by atoms with Crippen LogP contribution in [0.15, 0.2) is 0 Å². The van der Waals surface area contributed by atoms with Crippen LogP contribution >= 0.6 is 11.8 Å². The first kappa shape index (κ1) is 6.09. The molecule has 0 spiro atoms. The Morgan fingerprint density at radius 3 is 1.78 bits per heavy atom. The average molecular weight is 142 g/mol. The van der Waals surface area contributed by atoms with E-state index in [1.54, 1.807) is 0 Å². The van der Waals surface area contributed by atoms with Crippen LogP contribution < -0.4 is 0 Å². The molecule has 9 heavy (non-hydrogen) atoms. The van der Waals surface area contributed by atoms with E-state index in [0.717, 1.165) is 17.1 Å². The molecule has 0 aromatic carbocycles. The molecule has 2 aliphatic carbocycles. The van der Waals surface area contributed by atoms with E-state index in [9.17, 15) is 0 Å². The molecule has 0 unspecified atom stereocenters. The Labute approximate surface area is 61.4 Å². The second-order valence-electron chi connectivity index (χ2n) is 3.38. The molecule has 0 bridgehead atoms. The average Bonchev–Trinajstić information content (AvgIpc) is 2.61. The third-order valence-corrected chi connectivity index (χ3v) is 3.76. The lowest BCUT2D eigenvalue weighted by Gasteiger charge is -2.09. The molecule has 1 heteroatoms. The van der Waals surface area contributed by atoms with Gasteiger partial charge in [-0.05, 0) is 43.8 Å². The van der Waals surface area contributed by atoms with Gasteiger partial charge in [-0.1, -0.05) is 0 Å². The summed E-state index contributed by atoms with van der Waals surface area (Å²) in [6, 6.07) is 0. The number of hydrogen-bond acceptors (Lipinski definition) is 1. The van der Waals surface area contributed by atoms with Gasteiger partial charge in [-0.2, -0.15) is 11.8 Å². The van der Waals surface area contributed by atoms with Crippen molar-refractivity contribution in [2.75, 3.05) is 6.26 Å². The van der Waals surface area contributed by atoms with Gasteiger partial charge in [-0.3, -0.25) is 0 Å². The van der Waals surface area contributed by atoms with Crippen molar-refractivity contribution >= 4 is 11.8 Å². The van der Waals surface area contributed by atoms with E-state index in [-0.39, 0.29) is 0 Å². The Morgan fingerprint density at radius 1 is 1.11 bits per heavy atom. The highest BCUT2D eigenvalue weighted by molar-refractivity contribution is 7.99. The predicted octanol–water partition coefficient (Wildman–Crippen LogP) is 2.54. The van der Waals surface area contributed by atoms with Gasteiger partial charge in [0, 0.05) is 5.25 Å². The molecule has 0 atom stereocenters. The minimum absolute atomic E-state index is 1.06. The third kappa shape index (κ3) is 1.26. The molecular weight excluding hydrogens is 128 g/mol. The molecule has 0 N–H and O–H groups in total. The third-order valence-electron chi connectivity index (χ3n) is 2.45. The molecule has 0 radical (unpaired) electrons. The molecule has 0 saturated heterocycles. The Kier molecular flexibility index (Phi) is 1.48. The lowest BCUT2D eigenvalue weighted by atomic mass is 10.2. The smallest absolute Gasteiger partial charge is 0.0101 e. The van der Waals surface area contributed by atoms with E-state index in [1.807, 2.05) is 0 Å². The first-order chi connectivity index (χ1) is 4.42. The van der Waals surface area contributed by atoms with Crippen molar-refractivity contribution in [2.24, 2.45) is 11.8 Å². The normalized spacial score (nSPS) is 27.3. The predicted molar refractivity (Wildman–Crippen MR) is 42.8 cm³/mol. The minimum atomic E-state index is 1.06. The van der Waals surface area contributed by atoms with Gasteiger partial charge in [-0.25, -0.2) is 0 Å². The maximum Gasteiger partial charge on any atom is 0.0101 e. The Hall–Kier alpha value is 0.350. The van der Waals surface area contributed by atoms with Gasteiger partial charge in [0.2, 0.25) is 0 Å². The van der Waals surface area contributed by atoms with Crippen molar-refractivity contribution < 1.29 is 0 Å². The van der Waals surface area contributed by atoms with Gasteiger partial charge in [0.15, 0.2) is 0 Å². The summed E-state index contributed by atoms with van der Waals surface area (Å²) in [5, 5.41) is 1.06. The van der Waals surface area contributed by atoms with E-state index < -0.39 is 0 Å². The van der Waals surface area contributed by atoms with Crippen molar-refractivity contribution in [2.45, 2.75) is 30.9 Å². The monoisotopic (exact) mass is 142 g/mol. The summed E-state index contributed by atoms with van der Waals surface area (Å²) in [7, 11) is 0. The summed E-state index contributed by atoms with van der Waals surface area (Å²) in [4.78, 5) is 0. The van der Waals surface area contributed by atoms with Crippen LogP contribution in [0, 0.1) is 11.8 Å². The Balaban J connectivity index is 1.85. The summed E-state index contributed by atoms with van der Waals surface area (Å²) in [6.07, 6.45) is 8.40. The number of rotatable bonds is 3. The van der Waals surface area contributed by atoms with Gasteiger partial charge in [0.25, 0.3) is 0 Å². The maximum absolute atomic E-state index is 2.28. The summed E-state index contributed by atoms with van der Waals surface area (Å²) in [6.45, 7) is 0. The molecule has 0 heterocycles. The van der Waals surface area contributed by atoms with Crippen molar-refractivity contribution in [3.05, 3.63) is 0 Å². The lowest BCUT2D eigenvalue weighted by molar-refractivity contribution is 0.675. The largest absolute Gasteiger partial charge is 0.161 e. The van der Waals surface area contributed by atoms with Gasteiger partial charge in [-0.15, -0.1) is 0 Å². The highest BCUT2D eigenvalue weighted by Gasteiger charge is 2.40. The fraction of sp³-hybridized carbons (Fsp3) is 1.00. The summed E-state index contributed by atoms with van der Waals surface area (Å²) < 4.78 is 0. The van der Waals surface area contributed by atoms with Crippen LogP contribution in [0.25, 0.3) is 0 Å². The highest BCUT2D eigenvalue weighted by Crippen LogP contribution is 2.49. The van der Waals surface area contributed by atoms with E-state index in [1.165, 1.54) is 25.7 Å². The quantitative estimate of drug-likeness (QED) is 0.583. The van der Waals surface area contributed by atoms with Crippen LogP contribution in [-0.2, 0) is 0 Å². The van der Waals surface area contributed by atoms with Crippen molar-refractivity contribution in [3.8, 4) is 0 Å². The summed E-state index contributed by atoms with van der Waals surface area (Å²) >= 11 is 2.11. The van der Waals surface area contributed by atoms with Crippen molar-refractivity contribution in [1.82, 2.24) is 0 Å². The van der Waals surface area contributed by atoms with Gasteiger partial charge in [0.1, 0.15) is 0 Å². The molecule has 2 rings (SSSR count). The summed E-state index contributed by atoms with van der Waals surface area (Å²) in [5.74, 6) is 2.26. The van der Waals surface area contributed by atoms with Crippen LogP contribution in [-0.4, -0.2) is 11.5 Å². The zero-order chi connectivity index (χ0) is 6.27. The van der Waals surface area contributed by atoms with Crippen LogP contribution in [0.3, 0.4) is 0 Å². The van der Waals surface area contributed by atoms with Crippen LogP contribution in [0.1, 0.15) is 25.7 Å². The van der Waals surface area contributed by atoms with E-state index in [0.29, 0.717) is 0 Å². The first-order valence-electron chi connectivity index (χ1n) is 3.94. The van der Waals surface area contributed by atoms with E-state index in [4.69, 9.17) is 0 Å². The summed E-state index contributed by atoms with van der Waals surface area (Å²) in [5.41, 5.74) is 0. The van der Waals surface area contributed by atoms with E-state index in [2.05, 4.69) is 18.0 Å². The molecule has 2 saturated carbocycles. The fourth-order valence-electron chi connectivity index (χ4n) is 1.62. The van der Waals surface area contributed by atoms with Gasteiger partial charge >= 0.3 is 0 Å². The zero-order valence-corrected chi connectivity index (χ0v) is 6.79. The van der Waals surface area contributed by atoms with Crippen LogP contribution in [0.5, 0.6) is 0 Å². The maximum atomic E-state index is 2.28. The molecule has 0 aliphatic heterocycles. The second-order valence-corrected chi connectivity index (χ2v) is 4.39. The topological polar surface area (TPSA) is 0 Å².